The second-order valence-corrected chi connectivity index (χ2v) is 17.4. The Morgan fingerprint density at radius 1 is 0.328 bits per heavy atom. The Kier molecular flexibility index (Phi) is 9.66. The number of ether oxygens (including phenoxy) is 2. The van der Waals surface area contributed by atoms with Crippen molar-refractivity contribution in [2.75, 3.05) is 0 Å². The third-order valence-electron chi connectivity index (χ3n) is 13.3. The van der Waals surface area contributed by atoms with Crippen molar-refractivity contribution in [1.29, 1.82) is 0 Å². The molecule has 8 aromatic carbocycles. The first kappa shape index (κ1) is 41.0. The molecule has 1 aliphatic carbocycles. The summed E-state index contributed by atoms with van der Waals surface area (Å²) in [7, 11) is 0. The van der Waals surface area contributed by atoms with E-state index in [2.05, 4.69) is 0 Å². The predicted molar refractivity (Wildman–Crippen MR) is 250 cm³/mol. The molecule has 0 aromatic heterocycles. The van der Waals surface area contributed by atoms with Crippen molar-refractivity contribution in [3.8, 4) is 63.2 Å². The molecule has 0 saturated carbocycles. The normalized spacial score (nSPS) is 20.1. The van der Waals surface area contributed by atoms with E-state index in [9.17, 15) is 46.0 Å². The topological polar surface area (TPSA) is 201 Å². The minimum atomic E-state index is -0.693. The fourth-order valence-corrected chi connectivity index (χ4v) is 10.6. The summed E-state index contributed by atoms with van der Waals surface area (Å²) in [6.07, 6.45) is 2.37. The van der Waals surface area contributed by atoms with E-state index in [1.807, 2.05) is 36.4 Å². The maximum absolute atomic E-state index is 12.1. The fourth-order valence-electron chi connectivity index (χ4n) is 10.6. The van der Waals surface area contributed by atoms with E-state index in [0.29, 0.717) is 61.6 Å². The van der Waals surface area contributed by atoms with E-state index in [4.69, 9.17) is 9.47 Å². The second-order valence-electron chi connectivity index (χ2n) is 17.4. The largest absolute Gasteiger partial charge is 0.508 e. The van der Waals surface area contributed by atoms with Gasteiger partial charge in [0.05, 0.1) is 11.8 Å². The van der Waals surface area contributed by atoms with Crippen LogP contribution in [0.4, 0.5) is 0 Å². The van der Waals surface area contributed by atoms with E-state index in [1.54, 1.807) is 109 Å². The van der Waals surface area contributed by atoms with Crippen molar-refractivity contribution < 1.29 is 55.4 Å². The van der Waals surface area contributed by atoms with Crippen LogP contribution in [0.25, 0.3) is 12.2 Å². The molecule has 11 nitrogen and oxygen atoms in total. The summed E-state index contributed by atoms with van der Waals surface area (Å²) in [6, 6.07) is 41.4. The maximum Gasteiger partial charge on any atom is 0.135 e. The smallest absolute Gasteiger partial charge is 0.135 e. The van der Waals surface area contributed by atoms with Gasteiger partial charge in [0.25, 0.3) is 0 Å². The van der Waals surface area contributed by atoms with Crippen molar-refractivity contribution in [1.82, 2.24) is 0 Å². The number of benzene rings is 8. The number of hydrogen-bond donors (Lipinski definition) is 9. The highest BCUT2D eigenvalue weighted by molar-refractivity contribution is 5.77. The zero-order valence-corrected chi connectivity index (χ0v) is 35.4. The number of fused-ring (bicyclic) bond motifs is 3. The molecule has 0 amide bonds. The monoisotopic (exact) mass is 890 g/mol. The van der Waals surface area contributed by atoms with Crippen LogP contribution in [0.15, 0.2) is 152 Å². The van der Waals surface area contributed by atoms with Crippen LogP contribution >= 0.6 is 0 Å². The zero-order valence-electron chi connectivity index (χ0n) is 35.4. The zero-order chi connectivity index (χ0) is 46.2. The number of rotatable bonds is 7. The Morgan fingerprint density at radius 2 is 0.910 bits per heavy atom. The van der Waals surface area contributed by atoms with Crippen LogP contribution in [0, 0.1) is 0 Å². The third-order valence-corrected chi connectivity index (χ3v) is 13.3. The lowest BCUT2D eigenvalue weighted by Gasteiger charge is -2.31. The van der Waals surface area contributed by atoms with Gasteiger partial charge in [-0.3, -0.25) is 0 Å². The molecule has 0 bridgehead atoms. The van der Waals surface area contributed by atoms with E-state index in [1.165, 1.54) is 18.2 Å². The summed E-state index contributed by atoms with van der Waals surface area (Å²) in [5.74, 6) is -2.04. The first-order valence-corrected chi connectivity index (χ1v) is 21.7. The lowest BCUT2D eigenvalue weighted by Crippen LogP contribution is -2.16. The molecule has 2 aliphatic heterocycles. The Bertz CT molecular complexity index is 3250. The molecule has 0 saturated heterocycles. The Morgan fingerprint density at radius 3 is 1.57 bits per heavy atom. The quantitative estimate of drug-likeness (QED) is 0.0690. The van der Waals surface area contributed by atoms with Gasteiger partial charge in [0.15, 0.2) is 0 Å². The summed E-state index contributed by atoms with van der Waals surface area (Å²) in [4.78, 5) is 0. The first-order valence-electron chi connectivity index (χ1n) is 21.7. The molecule has 67 heavy (non-hydrogen) atoms. The van der Waals surface area contributed by atoms with E-state index in [0.717, 1.165) is 16.7 Å². The second kappa shape index (κ2) is 15.8. The average Bonchev–Trinajstić information content (AvgIpc) is 3.85. The summed E-state index contributed by atoms with van der Waals surface area (Å²) in [5, 5.41) is 98.4. The molecule has 3 aliphatic rings. The molecule has 11 rings (SSSR count). The van der Waals surface area contributed by atoms with Gasteiger partial charge >= 0.3 is 0 Å². The first-order chi connectivity index (χ1) is 32.4. The van der Waals surface area contributed by atoms with Gasteiger partial charge in [-0.2, -0.15) is 0 Å². The molecule has 332 valence electrons. The van der Waals surface area contributed by atoms with Crippen LogP contribution in [0.5, 0.6) is 63.2 Å². The summed E-state index contributed by atoms with van der Waals surface area (Å²) >= 11 is 0. The fraction of sp³-hybridized carbons (Fsp3) is 0.107. The predicted octanol–water partition coefficient (Wildman–Crippen LogP) is 11.0. The Hall–Kier alpha value is -8.70. The highest BCUT2D eigenvalue weighted by Gasteiger charge is 2.48. The van der Waals surface area contributed by atoms with Crippen LogP contribution < -0.4 is 9.47 Å². The molecule has 9 N–H and O–H groups in total. The summed E-state index contributed by atoms with van der Waals surface area (Å²) < 4.78 is 13.3. The van der Waals surface area contributed by atoms with Gasteiger partial charge in [-0.1, -0.05) is 66.7 Å². The number of aromatic hydroxyl groups is 9. The molecule has 2 heterocycles. The van der Waals surface area contributed by atoms with Gasteiger partial charge in [0.2, 0.25) is 0 Å². The number of phenols is 9. The van der Waals surface area contributed by atoms with Crippen LogP contribution in [0.2, 0.25) is 0 Å². The van der Waals surface area contributed by atoms with Gasteiger partial charge in [-0.15, -0.1) is 0 Å². The minimum absolute atomic E-state index is 0.0251. The number of phenolic OH excluding ortho intramolecular Hbond substituents is 9. The highest BCUT2D eigenvalue weighted by Crippen LogP contribution is 2.62. The molecule has 0 radical (unpaired) electrons. The molecule has 11 heteroatoms. The maximum atomic E-state index is 12.1. The molecule has 6 atom stereocenters. The molecule has 0 spiro atoms. The van der Waals surface area contributed by atoms with E-state index >= 15 is 0 Å². The Labute approximate surface area is 383 Å². The van der Waals surface area contributed by atoms with Crippen molar-refractivity contribution >= 4 is 12.2 Å². The highest BCUT2D eigenvalue weighted by atomic mass is 16.5. The SMILES string of the molecule is Oc1ccc([C@H]2c3c(O)cc(O)cc3[C@H]3c4c(cccc4[C@@H]2c2cc(/C=C/c4cc(O)cc5c4[C@H](c4cc(O)cc(O)c4)[C@@H](c4ccc(O)cc4)O5)ccc2O)O[C@@H]3c2ccc(O)cc2)cc1. The van der Waals surface area contributed by atoms with Crippen LogP contribution in [0.3, 0.4) is 0 Å². The number of hydrogen-bond acceptors (Lipinski definition) is 11. The van der Waals surface area contributed by atoms with Crippen LogP contribution in [-0.2, 0) is 0 Å². The summed E-state index contributed by atoms with van der Waals surface area (Å²) in [5.41, 5.74) is 7.88. The van der Waals surface area contributed by atoms with Gasteiger partial charge in [-0.05, 0) is 123 Å². The van der Waals surface area contributed by atoms with Crippen molar-refractivity contribution in [3.63, 3.8) is 0 Å². The third kappa shape index (κ3) is 7.08. The van der Waals surface area contributed by atoms with Crippen molar-refractivity contribution in [2.45, 2.75) is 35.9 Å². The van der Waals surface area contributed by atoms with Gasteiger partial charge in [0.1, 0.15) is 75.5 Å². The molecule has 0 fully saturated rings. The lowest BCUT2D eigenvalue weighted by atomic mass is 9.73. The van der Waals surface area contributed by atoms with E-state index < -0.39 is 35.9 Å². The minimum Gasteiger partial charge on any atom is -0.508 e. The molecular formula is C56H42O11. The standard InChI is InChI=1S/C56H42O11/c57-34-13-7-29(8-14-34)49-51(41-2-1-3-46-53(41)54(43-25-40(63)26-45(65)52(43)49)56(66-46)31-11-17-36(59)18-12-31)42-20-28(5-19-44(42)64)4-6-32-21-39(62)27-47-48(32)50(33-22-37(60)24-38(61)23-33)55(67-47)30-9-15-35(58)16-10-30/h1-27,49-51,54-65H/b6-4+/t49-,50+,51-,54+,55-,56-/m1/s1. The van der Waals surface area contributed by atoms with Crippen molar-refractivity contribution in [3.05, 3.63) is 218 Å². The van der Waals surface area contributed by atoms with Gasteiger partial charge in [-0.25, -0.2) is 0 Å². The van der Waals surface area contributed by atoms with Crippen LogP contribution in [-0.4, -0.2) is 46.0 Å². The van der Waals surface area contributed by atoms with Gasteiger partial charge in [0, 0.05) is 52.3 Å². The Balaban J connectivity index is 1.08. The average molecular weight is 891 g/mol. The lowest BCUT2D eigenvalue weighted by molar-refractivity contribution is 0.221. The van der Waals surface area contributed by atoms with E-state index in [-0.39, 0.29) is 51.7 Å². The molecule has 8 aromatic rings. The molecular weight excluding hydrogens is 849 g/mol. The van der Waals surface area contributed by atoms with Crippen LogP contribution in [0.1, 0.15) is 103 Å². The summed E-state index contributed by atoms with van der Waals surface area (Å²) in [6.45, 7) is 0. The van der Waals surface area contributed by atoms with Gasteiger partial charge < -0.3 is 55.4 Å². The molecule has 0 unspecified atom stereocenters. The van der Waals surface area contributed by atoms with Crippen molar-refractivity contribution in [2.24, 2.45) is 0 Å².